The largest absolute Gasteiger partial charge is 0.320 e. The van der Waals surface area contributed by atoms with Gasteiger partial charge in [-0.15, -0.1) is 0 Å². The van der Waals surface area contributed by atoms with Gasteiger partial charge in [-0.2, -0.15) is 0 Å². The van der Waals surface area contributed by atoms with Crippen LogP contribution in [-0.2, 0) is 6.54 Å². The van der Waals surface area contributed by atoms with Gasteiger partial charge in [0.15, 0.2) is 0 Å². The van der Waals surface area contributed by atoms with Crippen molar-refractivity contribution in [2.75, 3.05) is 6.54 Å². The lowest BCUT2D eigenvalue weighted by Gasteiger charge is -2.07. The second kappa shape index (κ2) is 6.18. The molecule has 0 aliphatic carbocycles. The first kappa shape index (κ1) is 14.0. The van der Waals surface area contributed by atoms with E-state index in [1.165, 1.54) is 6.07 Å². The van der Waals surface area contributed by atoms with Crippen molar-refractivity contribution in [1.29, 1.82) is 0 Å². The summed E-state index contributed by atoms with van der Waals surface area (Å²) in [4.78, 5) is 11.9. The fraction of sp³-hybridized carbons (Fsp3) is 0.188. The van der Waals surface area contributed by atoms with Gasteiger partial charge in [-0.25, -0.2) is 4.39 Å². The fourth-order valence-electron chi connectivity index (χ4n) is 1.89. The Morgan fingerprint density at radius 1 is 1.35 bits per heavy atom. The summed E-state index contributed by atoms with van der Waals surface area (Å²) in [7, 11) is 0. The molecule has 1 aromatic carbocycles. The second-order valence-electron chi connectivity index (χ2n) is 4.44. The highest BCUT2D eigenvalue weighted by molar-refractivity contribution is 5.38. The first-order chi connectivity index (χ1) is 9.61. The number of pyridine rings is 1. The number of nitrogens with two attached hydrogens (primary N) is 1. The van der Waals surface area contributed by atoms with Crippen molar-refractivity contribution in [2.45, 2.75) is 13.5 Å². The Bertz CT molecular complexity index is 738. The lowest BCUT2D eigenvalue weighted by Crippen LogP contribution is -2.21. The molecule has 2 aromatic rings. The van der Waals surface area contributed by atoms with Gasteiger partial charge in [0.25, 0.3) is 5.56 Å². The van der Waals surface area contributed by atoms with E-state index in [0.29, 0.717) is 17.7 Å². The van der Waals surface area contributed by atoms with E-state index >= 15 is 0 Å². The SMILES string of the molecule is Cc1cccn(Cc2ccc(F)c(C#CCN)c2)c1=O. The number of nitrogens with zero attached hydrogens (tertiary/aromatic N) is 1. The molecule has 3 nitrogen and oxygen atoms in total. The van der Waals surface area contributed by atoms with Crippen molar-refractivity contribution in [3.05, 3.63) is 69.4 Å². The standard InChI is InChI=1S/C16H15FN2O/c1-12-4-3-9-19(16(12)20)11-13-6-7-15(17)14(10-13)5-2-8-18/h3-4,6-7,9-10H,8,11,18H2,1H3. The van der Waals surface area contributed by atoms with Gasteiger partial charge in [-0.3, -0.25) is 4.79 Å². The predicted octanol–water partition coefficient (Wildman–Crippen LogP) is 1.65. The minimum Gasteiger partial charge on any atom is -0.320 e. The monoisotopic (exact) mass is 270 g/mol. The Kier molecular flexibility index (Phi) is 4.34. The summed E-state index contributed by atoms with van der Waals surface area (Å²) in [5.41, 5.74) is 7.03. The van der Waals surface area contributed by atoms with Crippen LogP contribution >= 0.6 is 0 Å². The van der Waals surface area contributed by atoms with E-state index in [1.54, 1.807) is 35.9 Å². The van der Waals surface area contributed by atoms with Gasteiger partial charge in [-0.1, -0.05) is 24.0 Å². The zero-order chi connectivity index (χ0) is 14.5. The van der Waals surface area contributed by atoms with Crippen molar-refractivity contribution >= 4 is 0 Å². The smallest absolute Gasteiger partial charge is 0.253 e. The molecule has 2 N–H and O–H groups in total. The highest BCUT2D eigenvalue weighted by Gasteiger charge is 2.04. The molecule has 0 fully saturated rings. The van der Waals surface area contributed by atoms with E-state index < -0.39 is 0 Å². The molecule has 2 rings (SSSR count). The number of rotatable bonds is 2. The van der Waals surface area contributed by atoms with E-state index in [4.69, 9.17) is 5.73 Å². The Labute approximate surface area is 116 Å². The molecule has 0 spiro atoms. The molecule has 1 heterocycles. The zero-order valence-corrected chi connectivity index (χ0v) is 11.2. The van der Waals surface area contributed by atoms with Gasteiger partial charge in [0.05, 0.1) is 18.7 Å². The van der Waals surface area contributed by atoms with Crippen LogP contribution in [0.2, 0.25) is 0 Å². The van der Waals surface area contributed by atoms with Gasteiger partial charge >= 0.3 is 0 Å². The maximum atomic E-state index is 13.6. The van der Waals surface area contributed by atoms with Crippen LogP contribution in [0.5, 0.6) is 0 Å². The molecular weight excluding hydrogens is 255 g/mol. The van der Waals surface area contributed by atoms with E-state index in [0.717, 1.165) is 5.56 Å². The van der Waals surface area contributed by atoms with Crippen molar-refractivity contribution in [3.63, 3.8) is 0 Å². The van der Waals surface area contributed by atoms with Crippen LogP contribution in [0.4, 0.5) is 4.39 Å². The number of hydrogen-bond acceptors (Lipinski definition) is 2. The molecule has 0 radical (unpaired) electrons. The summed E-state index contributed by atoms with van der Waals surface area (Å²) in [6.07, 6.45) is 1.71. The normalized spacial score (nSPS) is 9.95. The maximum Gasteiger partial charge on any atom is 0.253 e. The minimum absolute atomic E-state index is 0.0496. The summed E-state index contributed by atoms with van der Waals surface area (Å²) in [5, 5.41) is 0. The van der Waals surface area contributed by atoms with Crippen molar-refractivity contribution < 1.29 is 4.39 Å². The molecule has 1 aromatic heterocycles. The summed E-state index contributed by atoms with van der Waals surface area (Å²) < 4.78 is 15.1. The molecule has 102 valence electrons. The molecule has 0 saturated carbocycles. The highest BCUT2D eigenvalue weighted by atomic mass is 19.1. The molecule has 0 unspecified atom stereocenters. The Hall–Kier alpha value is -2.38. The van der Waals surface area contributed by atoms with Crippen LogP contribution in [0, 0.1) is 24.6 Å². The van der Waals surface area contributed by atoms with E-state index in [9.17, 15) is 9.18 Å². The predicted molar refractivity (Wildman–Crippen MR) is 76.9 cm³/mol. The number of aryl methyl sites for hydroxylation is 1. The van der Waals surface area contributed by atoms with Gasteiger partial charge in [0.1, 0.15) is 5.82 Å². The topological polar surface area (TPSA) is 48.0 Å². The Morgan fingerprint density at radius 3 is 2.90 bits per heavy atom. The molecule has 0 saturated heterocycles. The first-order valence-electron chi connectivity index (χ1n) is 6.25. The van der Waals surface area contributed by atoms with Crippen LogP contribution in [-0.4, -0.2) is 11.1 Å². The third-order valence-corrected chi connectivity index (χ3v) is 2.92. The molecule has 0 aliphatic rings. The van der Waals surface area contributed by atoms with Crippen LogP contribution in [0.25, 0.3) is 0 Å². The Balaban J connectivity index is 2.35. The lowest BCUT2D eigenvalue weighted by molar-refractivity contribution is 0.622. The van der Waals surface area contributed by atoms with E-state index in [2.05, 4.69) is 11.8 Å². The second-order valence-corrected chi connectivity index (χ2v) is 4.44. The lowest BCUT2D eigenvalue weighted by atomic mass is 10.1. The summed E-state index contributed by atoms with van der Waals surface area (Å²) in [6.45, 7) is 2.33. The highest BCUT2D eigenvalue weighted by Crippen LogP contribution is 2.10. The zero-order valence-electron chi connectivity index (χ0n) is 11.2. The average molecular weight is 270 g/mol. The first-order valence-corrected chi connectivity index (χ1v) is 6.25. The molecule has 0 aliphatic heterocycles. The molecule has 0 bridgehead atoms. The van der Waals surface area contributed by atoms with Crippen LogP contribution in [0.1, 0.15) is 16.7 Å². The maximum absolute atomic E-state index is 13.6. The number of halogens is 1. The van der Waals surface area contributed by atoms with Crippen LogP contribution in [0.15, 0.2) is 41.3 Å². The van der Waals surface area contributed by atoms with Crippen molar-refractivity contribution in [3.8, 4) is 11.8 Å². The number of aromatic nitrogens is 1. The van der Waals surface area contributed by atoms with Gasteiger partial charge in [0.2, 0.25) is 0 Å². The quantitative estimate of drug-likeness (QED) is 0.844. The van der Waals surface area contributed by atoms with Crippen LogP contribution < -0.4 is 11.3 Å². The summed E-state index contributed by atoms with van der Waals surface area (Å²) in [6, 6.07) is 8.23. The fourth-order valence-corrected chi connectivity index (χ4v) is 1.89. The third-order valence-electron chi connectivity index (χ3n) is 2.92. The molecule has 0 amide bonds. The van der Waals surface area contributed by atoms with Gasteiger partial charge < -0.3 is 10.3 Å². The van der Waals surface area contributed by atoms with Crippen molar-refractivity contribution in [1.82, 2.24) is 4.57 Å². The number of hydrogen-bond donors (Lipinski definition) is 1. The molecule has 20 heavy (non-hydrogen) atoms. The Morgan fingerprint density at radius 2 is 2.15 bits per heavy atom. The molecule has 4 heteroatoms. The summed E-state index contributed by atoms with van der Waals surface area (Å²) in [5.74, 6) is 4.93. The molecular formula is C16H15FN2O. The number of benzene rings is 1. The van der Waals surface area contributed by atoms with Gasteiger partial charge in [-0.05, 0) is 30.7 Å². The van der Waals surface area contributed by atoms with Crippen molar-refractivity contribution in [2.24, 2.45) is 5.73 Å². The summed E-state index contributed by atoms with van der Waals surface area (Å²) >= 11 is 0. The van der Waals surface area contributed by atoms with Gasteiger partial charge in [0, 0.05) is 11.8 Å². The van der Waals surface area contributed by atoms with Crippen LogP contribution in [0.3, 0.4) is 0 Å². The molecule has 0 atom stereocenters. The van der Waals surface area contributed by atoms with E-state index in [1.807, 2.05) is 6.07 Å². The van der Waals surface area contributed by atoms with E-state index in [-0.39, 0.29) is 17.9 Å². The minimum atomic E-state index is -0.383. The average Bonchev–Trinajstić information content (AvgIpc) is 2.44. The third kappa shape index (κ3) is 3.14.